The molecule has 0 saturated carbocycles. The number of thiazole rings is 1. The van der Waals surface area contributed by atoms with Gasteiger partial charge in [-0.05, 0) is 6.07 Å². The molecule has 3 aromatic heterocycles. The quantitative estimate of drug-likeness (QED) is 0.596. The first-order chi connectivity index (χ1) is 12.3. The van der Waals surface area contributed by atoms with E-state index in [1.807, 2.05) is 52.4 Å². The Hall–Kier alpha value is -2.83. The summed E-state index contributed by atoms with van der Waals surface area (Å²) in [5.41, 5.74) is 3.60. The van der Waals surface area contributed by atoms with Crippen molar-refractivity contribution in [2.24, 2.45) is 0 Å². The van der Waals surface area contributed by atoms with E-state index in [2.05, 4.69) is 15.0 Å². The Morgan fingerprint density at radius 1 is 1.04 bits per heavy atom. The first kappa shape index (κ1) is 15.7. The van der Waals surface area contributed by atoms with Crippen LogP contribution in [0.2, 0.25) is 0 Å². The second-order valence-corrected chi connectivity index (χ2v) is 6.49. The molecule has 0 radical (unpaired) electrons. The molecule has 0 aliphatic rings. The van der Waals surface area contributed by atoms with Crippen molar-refractivity contribution in [3.8, 4) is 22.0 Å². The van der Waals surface area contributed by atoms with Gasteiger partial charge < -0.3 is 9.67 Å². The molecule has 0 saturated heterocycles. The normalized spacial score (nSPS) is 12.2. The minimum absolute atomic E-state index is 0.389. The van der Waals surface area contributed by atoms with E-state index < -0.39 is 6.10 Å². The number of aromatic nitrogens is 4. The molecule has 25 heavy (non-hydrogen) atoms. The SMILES string of the molecule is O[C@@H](Cn1cnc(-c2ccccc2)c1-c1nccs1)c1cccnc1. The molecule has 124 valence electrons. The molecule has 6 heteroatoms. The molecule has 4 rings (SSSR count). The number of pyridine rings is 1. The molecule has 0 amide bonds. The number of aliphatic hydroxyl groups excluding tert-OH is 1. The molecule has 0 aliphatic carbocycles. The monoisotopic (exact) mass is 348 g/mol. The van der Waals surface area contributed by atoms with Gasteiger partial charge in [-0.3, -0.25) is 4.98 Å². The molecule has 1 atom stereocenters. The van der Waals surface area contributed by atoms with Crippen LogP contribution in [-0.4, -0.2) is 24.6 Å². The summed E-state index contributed by atoms with van der Waals surface area (Å²) in [5, 5.41) is 13.4. The minimum Gasteiger partial charge on any atom is -0.386 e. The van der Waals surface area contributed by atoms with Crippen molar-refractivity contribution in [3.05, 3.63) is 78.3 Å². The largest absolute Gasteiger partial charge is 0.386 e. The van der Waals surface area contributed by atoms with E-state index in [9.17, 15) is 5.11 Å². The molecule has 1 aromatic carbocycles. The lowest BCUT2D eigenvalue weighted by atomic mass is 10.1. The number of rotatable bonds is 5. The Bertz CT molecular complexity index is 936. The van der Waals surface area contributed by atoms with Crippen molar-refractivity contribution in [1.29, 1.82) is 0 Å². The summed E-state index contributed by atoms with van der Waals surface area (Å²) in [6, 6.07) is 13.7. The Morgan fingerprint density at radius 2 is 1.92 bits per heavy atom. The predicted molar refractivity (Wildman–Crippen MR) is 98.0 cm³/mol. The molecular formula is C19H16N4OS. The van der Waals surface area contributed by atoms with Crippen molar-refractivity contribution < 1.29 is 5.11 Å². The van der Waals surface area contributed by atoms with Crippen LogP contribution in [0.1, 0.15) is 11.7 Å². The van der Waals surface area contributed by atoms with Crippen LogP contribution in [0.4, 0.5) is 0 Å². The van der Waals surface area contributed by atoms with Gasteiger partial charge in [-0.1, -0.05) is 36.4 Å². The number of hydrogen-bond acceptors (Lipinski definition) is 5. The lowest BCUT2D eigenvalue weighted by Crippen LogP contribution is -2.09. The third-order valence-corrected chi connectivity index (χ3v) is 4.74. The van der Waals surface area contributed by atoms with Crippen molar-refractivity contribution in [1.82, 2.24) is 19.5 Å². The van der Waals surface area contributed by atoms with E-state index in [1.54, 1.807) is 36.3 Å². The summed E-state index contributed by atoms with van der Waals surface area (Å²) < 4.78 is 1.96. The molecule has 0 fully saturated rings. The van der Waals surface area contributed by atoms with E-state index in [4.69, 9.17) is 0 Å². The van der Waals surface area contributed by atoms with Gasteiger partial charge >= 0.3 is 0 Å². The number of aliphatic hydroxyl groups is 1. The lowest BCUT2D eigenvalue weighted by Gasteiger charge is -2.14. The van der Waals surface area contributed by atoms with Crippen LogP contribution < -0.4 is 0 Å². The maximum absolute atomic E-state index is 10.6. The average molecular weight is 348 g/mol. The molecule has 5 nitrogen and oxygen atoms in total. The average Bonchev–Trinajstić information content (AvgIpc) is 3.32. The Labute approximate surface area is 149 Å². The number of hydrogen-bond donors (Lipinski definition) is 1. The lowest BCUT2D eigenvalue weighted by molar-refractivity contribution is 0.156. The number of nitrogens with zero attached hydrogens (tertiary/aromatic N) is 4. The standard InChI is InChI=1S/C19H16N4OS/c24-16(15-7-4-8-20-11-15)12-23-13-22-17(14-5-2-1-3-6-14)18(23)19-21-9-10-25-19/h1-11,13,16,24H,12H2/t16-/m0/s1. The molecule has 0 bridgehead atoms. The summed E-state index contributed by atoms with van der Waals surface area (Å²) >= 11 is 1.56. The van der Waals surface area contributed by atoms with Gasteiger partial charge in [-0.2, -0.15) is 0 Å². The predicted octanol–water partition coefficient (Wildman–Crippen LogP) is 3.80. The second-order valence-electron chi connectivity index (χ2n) is 5.60. The van der Waals surface area contributed by atoms with Crippen LogP contribution in [0.5, 0.6) is 0 Å². The maximum atomic E-state index is 10.6. The highest BCUT2D eigenvalue weighted by Crippen LogP contribution is 2.33. The van der Waals surface area contributed by atoms with Crippen molar-refractivity contribution in [2.75, 3.05) is 0 Å². The fourth-order valence-electron chi connectivity index (χ4n) is 2.76. The van der Waals surface area contributed by atoms with Crippen molar-refractivity contribution in [3.63, 3.8) is 0 Å². The van der Waals surface area contributed by atoms with Gasteiger partial charge in [0.2, 0.25) is 0 Å². The van der Waals surface area contributed by atoms with Crippen LogP contribution in [0.25, 0.3) is 22.0 Å². The molecule has 4 aromatic rings. The van der Waals surface area contributed by atoms with E-state index in [-0.39, 0.29) is 0 Å². The van der Waals surface area contributed by atoms with Crippen LogP contribution in [-0.2, 0) is 6.54 Å². The Kier molecular flexibility index (Phi) is 4.37. The Morgan fingerprint density at radius 3 is 2.64 bits per heavy atom. The number of benzene rings is 1. The molecule has 0 unspecified atom stereocenters. The molecule has 3 heterocycles. The zero-order valence-corrected chi connectivity index (χ0v) is 14.2. The van der Waals surface area contributed by atoms with Gasteiger partial charge in [-0.25, -0.2) is 9.97 Å². The fraction of sp³-hybridized carbons (Fsp3) is 0.105. The highest BCUT2D eigenvalue weighted by Gasteiger charge is 2.19. The van der Waals surface area contributed by atoms with E-state index >= 15 is 0 Å². The van der Waals surface area contributed by atoms with Gasteiger partial charge in [0.15, 0.2) is 0 Å². The zero-order chi connectivity index (χ0) is 17.1. The molecule has 1 N–H and O–H groups in total. The Balaban J connectivity index is 1.75. The van der Waals surface area contributed by atoms with Crippen LogP contribution in [0.3, 0.4) is 0 Å². The number of imidazole rings is 1. The summed E-state index contributed by atoms with van der Waals surface area (Å²) in [6.45, 7) is 0.389. The second kappa shape index (κ2) is 6.96. The maximum Gasteiger partial charge on any atom is 0.142 e. The van der Waals surface area contributed by atoms with Gasteiger partial charge in [-0.15, -0.1) is 11.3 Å². The highest BCUT2D eigenvalue weighted by atomic mass is 32.1. The van der Waals surface area contributed by atoms with Gasteiger partial charge in [0, 0.05) is 35.1 Å². The first-order valence-corrected chi connectivity index (χ1v) is 8.79. The molecule has 0 spiro atoms. The van der Waals surface area contributed by atoms with E-state index in [1.165, 1.54) is 0 Å². The van der Waals surface area contributed by atoms with Crippen molar-refractivity contribution in [2.45, 2.75) is 12.6 Å². The van der Waals surface area contributed by atoms with Crippen LogP contribution in [0, 0.1) is 0 Å². The van der Waals surface area contributed by atoms with Gasteiger partial charge in [0.25, 0.3) is 0 Å². The van der Waals surface area contributed by atoms with E-state index in [0.29, 0.717) is 6.54 Å². The van der Waals surface area contributed by atoms with E-state index in [0.717, 1.165) is 27.5 Å². The third kappa shape index (κ3) is 3.22. The minimum atomic E-state index is -0.662. The summed E-state index contributed by atoms with van der Waals surface area (Å²) in [6.07, 6.45) is 6.26. The van der Waals surface area contributed by atoms with Crippen LogP contribution in [0.15, 0.2) is 72.8 Å². The molecule has 0 aliphatic heterocycles. The van der Waals surface area contributed by atoms with Crippen LogP contribution >= 0.6 is 11.3 Å². The first-order valence-electron chi connectivity index (χ1n) is 7.91. The van der Waals surface area contributed by atoms with Gasteiger partial charge in [0.05, 0.1) is 24.7 Å². The smallest absolute Gasteiger partial charge is 0.142 e. The summed E-state index contributed by atoms with van der Waals surface area (Å²) in [4.78, 5) is 13.1. The van der Waals surface area contributed by atoms with Gasteiger partial charge in [0.1, 0.15) is 10.7 Å². The fourth-order valence-corrected chi connectivity index (χ4v) is 3.46. The highest BCUT2D eigenvalue weighted by molar-refractivity contribution is 7.13. The van der Waals surface area contributed by atoms with Crippen molar-refractivity contribution >= 4 is 11.3 Å². The third-order valence-electron chi connectivity index (χ3n) is 3.96. The zero-order valence-electron chi connectivity index (χ0n) is 13.4. The topological polar surface area (TPSA) is 63.8 Å². The molecular weight excluding hydrogens is 332 g/mol. The summed E-state index contributed by atoms with van der Waals surface area (Å²) in [7, 11) is 0. The summed E-state index contributed by atoms with van der Waals surface area (Å²) in [5.74, 6) is 0.